The summed E-state index contributed by atoms with van der Waals surface area (Å²) in [6, 6.07) is 32.9. The van der Waals surface area contributed by atoms with Gasteiger partial charge in [-0.25, -0.2) is 14.4 Å². The fourth-order valence-electron chi connectivity index (χ4n) is 15.5. The second-order valence-electron chi connectivity index (χ2n) is 27.3. The first kappa shape index (κ1) is 77.0. The lowest BCUT2D eigenvalue weighted by molar-refractivity contribution is -0.140. The first-order valence-electron chi connectivity index (χ1n) is 37.2. The van der Waals surface area contributed by atoms with Crippen molar-refractivity contribution in [2.24, 2.45) is 11.8 Å². The van der Waals surface area contributed by atoms with Crippen LogP contribution in [0, 0.1) is 11.8 Å². The molecule has 5 fully saturated rings. The van der Waals surface area contributed by atoms with E-state index in [2.05, 4.69) is 9.80 Å². The van der Waals surface area contributed by atoms with Gasteiger partial charge in [0.15, 0.2) is 0 Å². The van der Waals surface area contributed by atoms with Crippen LogP contribution < -0.4 is 31.4 Å². The number of piperazine rings is 3. The molecule has 0 atom stereocenters. The maximum atomic E-state index is 13.9. The number of carbonyl (C=O) groups excluding carboxylic acids is 6. The molecule has 3 amide bonds. The number of amides is 3. The van der Waals surface area contributed by atoms with E-state index in [0.717, 1.165) is 50.8 Å². The first-order valence-corrected chi connectivity index (χ1v) is 39.8. The van der Waals surface area contributed by atoms with Crippen molar-refractivity contribution in [3.63, 3.8) is 0 Å². The summed E-state index contributed by atoms with van der Waals surface area (Å²) >= 11 is 4.23. The first-order chi connectivity index (χ1) is 51.9. The molecule has 9 heterocycles. The van der Waals surface area contributed by atoms with Crippen LogP contribution in [0.15, 0.2) is 140 Å². The van der Waals surface area contributed by atoms with Gasteiger partial charge in [-0.1, -0.05) is 124 Å². The molecule has 21 nitrogen and oxygen atoms in total. The molecule has 0 N–H and O–H groups in total. The van der Waals surface area contributed by atoms with E-state index in [1.807, 2.05) is 98.7 Å². The maximum Gasteiger partial charge on any atom is 0.406 e. The van der Waals surface area contributed by atoms with Gasteiger partial charge >= 0.3 is 24.1 Å². The minimum atomic E-state index is -4.66. The van der Waals surface area contributed by atoms with Crippen molar-refractivity contribution in [2.75, 3.05) is 113 Å². The zero-order valence-electron chi connectivity index (χ0n) is 60.6. The summed E-state index contributed by atoms with van der Waals surface area (Å²) in [4.78, 5) is 132. The summed E-state index contributed by atoms with van der Waals surface area (Å²) in [6.07, 6.45) is 8.37. The number of para-hydroxylation sites is 3. The lowest BCUT2D eigenvalue weighted by atomic mass is 9.87. The number of rotatable bonds is 18. The van der Waals surface area contributed by atoms with Crippen LogP contribution in [-0.4, -0.2) is 169 Å². The summed E-state index contributed by atoms with van der Waals surface area (Å²) in [5, 5.41) is 7.74. The van der Waals surface area contributed by atoms with Gasteiger partial charge < -0.3 is 52.7 Å². The predicted octanol–water partition coefficient (Wildman–Crippen LogP) is 13.7. The number of alkyl halides is 3. The number of aryl methyl sites for hydroxylation is 1. The van der Waals surface area contributed by atoms with Crippen LogP contribution in [-0.2, 0) is 33.8 Å². The fourth-order valence-corrected chi connectivity index (χ4v) is 17.6. The Labute approximate surface area is 630 Å². The number of anilines is 3. The zero-order chi connectivity index (χ0) is 75.3. The Balaban J connectivity index is 0.000000150. The third-order valence-corrected chi connectivity index (χ3v) is 23.3. The number of pyridine rings is 3. The number of esters is 3. The second kappa shape index (κ2) is 35.4. The van der Waals surface area contributed by atoms with Gasteiger partial charge in [-0.3, -0.25) is 33.3 Å². The van der Waals surface area contributed by atoms with Crippen LogP contribution in [0.25, 0.3) is 32.7 Å². The number of halogens is 3. The Hall–Kier alpha value is -9.60. The molecule has 3 aliphatic heterocycles. The Morgan fingerprint density at radius 1 is 0.402 bits per heavy atom. The van der Waals surface area contributed by atoms with Gasteiger partial charge in [0.25, 0.3) is 34.4 Å². The van der Waals surface area contributed by atoms with E-state index in [1.165, 1.54) is 91.4 Å². The van der Waals surface area contributed by atoms with Gasteiger partial charge in [-0.15, -0.1) is 34.0 Å². The lowest BCUT2D eigenvalue weighted by Crippen LogP contribution is -2.49. The zero-order valence-corrected chi connectivity index (χ0v) is 63.0. The van der Waals surface area contributed by atoms with Crippen molar-refractivity contribution >= 4 is 119 Å². The molecule has 6 aromatic heterocycles. The van der Waals surface area contributed by atoms with Crippen molar-refractivity contribution in [1.29, 1.82) is 0 Å². The van der Waals surface area contributed by atoms with Gasteiger partial charge in [-0.2, -0.15) is 13.2 Å². The topological polar surface area (TPSA) is 216 Å². The summed E-state index contributed by atoms with van der Waals surface area (Å²) in [7, 11) is 0. The highest BCUT2D eigenvalue weighted by atomic mass is 32.1. The average Bonchev–Trinajstić information content (AvgIpc) is 1.71. The van der Waals surface area contributed by atoms with Crippen LogP contribution in [0.1, 0.15) is 151 Å². The van der Waals surface area contributed by atoms with E-state index >= 15 is 0 Å². The van der Waals surface area contributed by atoms with Gasteiger partial charge in [0.1, 0.15) is 23.2 Å². The molecule has 2 aliphatic carbocycles. The minimum absolute atomic E-state index is 0.0306. The monoisotopic (exact) mass is 1520 g/mol. The van der Waals surface area contributed by atoms with Gasteiger partial charge in [0.2, 0.25) is 0 Å². The molecule has 3 saturated heterocycles. The number of hydrogen-bond acceptors (Lipinski definition) is 18. The Morgan fingerprint density at radius 2 is 0.720 bits per heavy atom. The molecule has 0 spiro atoms. The summed E-state index contributed by atoms with van der Waals surface area (Å²) in [5.41, 5.74) is 1.48. The summed E-state index contributed by atoms with van der Waals surface area (Å²) < 4.78 is 59.9. The second-order valence-corrected chi connectivity index (χ2v) is 30.2. The van der Waals surface area contributed by atoms with Crippen LogP contribution >= 0.6 is 34.0 Å². The van der Waals surface area contributed by atoms with E-state index in [1.54, 1.807) is 70.0 Å². The lowest BCUT2D eigenvalue weighted by Gasteiger charge is -2.37. The minimum Gasteiger partial charge on any atom is -0.462 e. The van der Waals surface area contributed by atoms with Gasteiger partial charge in [0, 0.05) is 108 Å². The normalized spacial score (nSPS) is 16.1. The van der Waals surface area contributed by atoms with Crippen molar-refractivity contribution in [3.05, 3.63) is 188 Å². The van der Waals surface area contributed by atoms with Gasteiger partial charge in [0.05, 0.1) is 68.1 Å². The SMILES string of the molecule is CCOC(=O)c1c(N2CCN(C(=O)c3cccs3)CC2)c2ccccc2n(CC(F)(F)F)c1=O.CCOC(=O)c1c(N2CCN(C(=O)c3cccs3)CC2)c2ccccc2n(CC2CCCCC2)c1=O.CCOC(=O)c1c(N2CCN(C(=O)c3cccs3)CC2)c2ccccc2n(CCC2CCCCC2)c1=O. The molecular weight excluding hydrogens is 1430 g/mol. The van der Waals surface area contributed by atoms with E-state index in [4.69, 9.17) is 14.2 Å². The number of fused-ring (bicyclic) bond motifs is 3. The molecule has 14 rings (SSSR count). The highest BCUT2D eigenvalue weighted by molar-refractivity contribution is 7.12. The molecule has 0 bridgehead atoms. The largest absolute Gasteiger partial charge is 0.462 e. The molecule has 107 heavy (non-hydrogen) atoms. The quantitative estimate of drug-likeness (QED) is 0.0577. The molecule has 27 heteroatoms. The molecule has 0 radical (unpaired) electrons. The van der Waals surface area contributed by atoms with Crippen molar-refractivity contribution < 1.29 is 56.1 Å². The number of benzene rings is 3. The predicted molar refractivity (Wildman–Crippen MR) is 414 cm³/mol. The van der Waals surface area contributed by atoms with E-state index in [0.29, 0.717) is 130 Å². The molecule has 3 aromatic carbocycles. The molecular formula is C80H90F3N9O12S3. The molecule has 2 saturated carbocycles. The van der Waals surface area contributed by atoms with Crippen LogP contribution in [0.3, 0.4) is 0 Å². The summed E-state index contributed by atoms with van der Waals surface area (Å²) in [5.74, 6) is -1.10. The number of carbonyl (C=O) groups is 6. The number of nitrogens with zero attached hydrogens (tertiary/aromatic N) is 9. The standard InChI is InChI=1S/C29H35N3O4S.C28H33N3O4S.C23H22F3N3O4S/c1-2-36-29(35)25-26(30-16-18-31(19-17-30)27(33)24-13-8-20-37-24)22-11-6-7-12-23(22)32(28(25)34)15-14-21-9-4-3-5-10-21;1-2-35-28(34)24-25(29-14-16-30(17-15-29)26(32)23-13-8-18-36-23)21-11-6-7-12-22(21)31(27(24)33)19-20-9-4-3-5-10-20;1-2-33-22(32)18-19(27-9-11-28(12-10-27)20(30)17-8-5-13-34-17)15-6-3-4-7-16(15)29(21(18)31)14-23(24,25)26/h6-8,11-13,20-21H,2-5,9-10,14-19H2,1H3;6-8,11-13,18,20H,2-5,9-10,14-17,19H2,1H3;3-8,13H,2,9-12,14H2,1H3. The van der Waals surface area contributed by atoms with Gasteiger partial charge in [-0.05, 0) is 104 Å². The highest BCUT2D eigenvalue weighted by Gasteiger charge is 2.37. The number of thiophene rings is 3. The number of aromatic nitrogens is 3. The van der Waals surface area contributed by atoms with E-state index < -0.39 is 41.8 Å². The average molecular weight is 1520 g/mol. The maximum absolute atomic E-state index is 13.9. The van der Waals surface area contributed by atoms with Crippen LogP contribution in [0.4, 0.5) is 30.2 Å². The van der Waals surface area contributed by atoms with Crippen molar-refractivity contribution in [3.8, 4) is 0 Å². The van der Waals surface area contributed by atoms with Crippen LogP contribution in [0.5, 0.6) is 0 Å². The molecule has 9 aromatic rings. The smallest absolute Gasteiger partial charge is 0.406 e. The third kappa shape index (κ3) is 17.5. The fraction of sp³-hybridized carbons (Fsp3) is 0.438. The highest BCUT2D eigenvalue weighted by Crippen LogP contribution is 2.37. The van der Waals surface area contributed by atoms with E-state index in [-0.39, 0.29) is 71.0 Å². The molecule has 566 valence electrons. The van der Waals surface area contributed by atoms with Crippen molar-refractivity contribution in [2.45, 2.75) is 117 Å². The molecule has 5 aliphatic rings. The van der Waals surface area contributed by atoms with Crippen molar-refractivity contribution in [1.82, 2.24) is 28.4 Å². The van der Waals surface area contributed by atoms with Crippen LogP contribution in [0.2, 0.25) is 0 Å². The number of hydrogen-bond donors (Lipinski definition) is 0. The Bertz CT molecular complexity index is 4810. The summed E-state index contributed by atoms with van der Waals surface area (Å²) in [6.45, 7) is 10.7. The Morgan fingerprint density at radius 3 is 1.06 bits per heavy atom. The number of ether oxygens (including phenoxy) is 3. The Kier molecular flexibility index (Phi) is 25.5. The van der Waals surface area contributed by atoms with E-state index in [9.17, 15) is 56.3 Å². The third-order valence-electron chi connectivity index (χ3n) is 20.7. The molecule has 0 unspecified atom stereocenters.